The Bertz CT molecular complexity index is 691. The van der Waals surface area contributed by atoms with Crippen LogP contribution in [0.2, 0.25) is 0 Å². The van der Waals surface area contributed by atoms with Crippen molar-refractivity contribution in [3.8, 4) is 11.3 Å². The number of amides is 1. The third-order valence-electron chi connectivity index (χ3n) is 2.84. The van der Waals surface area contributed by atoms with E-state index < -0.39 is 17.5 Å². The maximum atomic E-state index is 13.3. The number of ether oxygens (including phenoxy) is 1. The molecule has 0 saturated carbocycles. The average molecular weight is 306 g/mol. The minimum Gasteiger partial charge on any atom is -0.442 e. The van der Waals surface area contributed by atoms with Gasteiger partial charge in [0.05, 0.1) is 18.1 Å². The number of rotatable bonds is 2. The van der Waals surface area contributed by atoms with Crippen LogP contribution >= 0.6 is 0 Å². The first-order chi connectivity index (χ1) is 10.2. The summed E-state index contributed by atoms with van der Waals surface area (Å²) in [7, 11) is 1.58. The predicted molar refractivity (Wildman–Crippen MR) is 80.5 cm³/mol. The lowest BCUT2D eigenvalue weighted by Crippen LogP contribution is -2.41. The van der Waals surface area contributed by atoms with Crippen LogP contribution in [0.15, 0.2) is 24.7 Å². The molecule has 0 atom stereocenters. The van der Waals surface area contributed by atoms with Gasteiger partial charge >= 0.3 is 6.09 Å². The summed E-state index contributed by atoms with van der Waals surface area (Å²) in [6.07, 6.45) is 3.77. The molecule has 0 aromatic carbocycles. The van der Waals surface area contributed by atoms with Crippen LogP contribution in [0.5, 0.6) is 0 Å². The van der Waals surface area contributed by atoms with E-state index in [9.17, 15) is 9.18 Å². The van der Waals surface area contributed by atoms with Crippen LogP contribution in [0.25, 0.3) is 11.3 Å². The van der Waals surface area contributed by atoms with Gasteiger partial charge in [-0.05, 0) is 33.8 Å². The van der Waals surface area contributed by atoms with E-state index in [1.165, 1.54) is 17.3 Å². The molecule has 0 radical (unpaired) electrons. The van der Waals surface area contributed by atoms with Crippen LogP contribution in [-0.2, 0) is 4.74 Å². The molecule has 0 unspecified atom stereocenters. The number of aryl methyl sites for hydroxylation is 1. The molecular weight excluding hydrogens is 287 g/mol. The van der Waals surface area contributed by atoms with E-state index >= 15 is 0 Å². The van der Waals surface area contributed by atoms with E-state index in [1.807, 2.05) is 0 Å². The van der Waals surface area contributed by atoms with E-state index in [4.69, 9.17) is 4.74 Å². The van der Waals surface area contributed by atoms with Gasteiger partial charge in [0, 0.05) is 18.8 Å². The minimum absolute atomic E-state index is 0.440. The normalized spacial score (nSPS) is 11.4. The highest BCUT2D eigenvalue weighted by atomic mass is 19.1. The molecule has 0 aliphatic carbocycles. The molecule has 118 valence electrons. The molecule has 2 aromatic rings. The van der Waals surface area contributed by atoms with Gasteiger partial charge in [0.25, 0.3) is 0 Å². The van der Waals surface area contributed by atoms with Crippen molar-refractivity contribution in [2.24, 2.45) is 0 Å². The molecule has 0 saturated heterocycles. The minimum atomic E-state index is -0.588. The van der Waals surface area contributed by atoms with E-state index in [1.54, 1.807) is 45.6 Å². The average Bonchev–Trinajstić information content (AvgIpc) is 2.78. The molecule has 0 bridgehead atoms. The molecule has 0 aliphatic rings. The zero-order chi connectivity index (χ0) is 16.5. The maximum Gasteiger partial charge on any atom is 0.429 e. The molecule has 0 aliphatic heterocycles. The number of carbonyl (C=O) groups excluding carboxylic acids is 1. The van der Waals surface area contributed by atoms with Gasteiger partial charge in [0.15, 0.2) is 0 Å². The summed E-state index contributed by atoms with van der Waals surface area (Å²) in [5.74, 6) is 0.137. The maximum absolute atomic E-state index is 13.3. The van der Waals surface area contributed by atoms with Crippen LogP contribution in [0, 0.1) is 12.7 Å². The van der Waals surface area contributed by atoms with Crippen molar-refractivity contribution in [1.29, 1.82) is 0 Å². The highest BCUT2D eigenvalue weighted by Crippen LogP contribution is 2.19. The smallest absolute Gasteiger partial charge is 0.429 e. The topological polar surface area (TPSA) is 60.2 Å². The number of halogens is 1. The molecule has 2 heterocycles. The van der Waals surface area contributed by atoms with Gasteiger partial charge in [-0.1, -0.05) is 0 Å². The summed E-state index contributed by atoms with van der Waals surface area (Å²) >= 11 is 0. The SMILES string of the molecule is Cc1nc(-c2cncc(F)c2)cn1N(C)C(=O)OC(C)(C)C. The standard InChI is InChI=1S/C15H19FN4O2/c1-10-18-13(11-6-12(16)8-17-7-11)9-20(10)19(5)14(21)22-15(2,3)4/h6-9H,1-5H3. The molecule has 2 rings (SSSR count). The lowest BCUT2D eigenvalue weighted by atomic mass is 10.2. The molecule has 6 nitrogen and oxygen atoms in total. The highest BCUT2D eigenvalue weighted by molar-refractivity contribution is 5.78. The summed E-state index contributed by atoms with van der Waals surface area (Å²) in [5.41, 5.74) is 0.481. The second-order valence-corrected chi connectivity index (χ2v) is 5.91. The fourth-order valence-electron chi connectivity index (χ4n) is 1.87. The summed E-state index contributed by atoms with van der Waals surface area (Å²) in [5, 5.41) is 1.31. The van der Waals surface area contributed by atoms with Gasteiger partial charge in [-0.2, -0.15) is 0 Å². The lowest BCUT2D eigenvalue weighted by molar-refractivity contribution is 0.0549. The zero-order valence-corrected chi connectivity index (χ0v) is 13.3. The van der Waals surface area contributed by atoms with Crippen molar-refractivity contribution in [2.45, 2.75) is 33.3 Å². The summed E-state index contributed by atoms with van der Waals surface area (Å²) in [4.78, 5) is 20.2. The van der Waals surface area contributed by atoms with Gasteiger partial charge in [-0.15, -0.1) is 0 Å². The Hall–Kier alpha value is -2.44. The molecule has 7 heteroatoms. The molecule has 0 N–H and O–H groups in total. The number of hydrogen-bond donors (Lipinski definition) is 0. The van der Waals surface area contributed by atoms with Gasteiger partial charge < -0.3 is 4.74 Å². The summed E-state index contributed by atoms with van der Waals surface area (Å²) in [6.45, 7) is 7.13. The molecule has 0 fully saturated rings. The highest BCUT2D eigenvalue weighted by Gasteiger charge is 2.22. The Balaban J connectivity index is 2.28. The summed E-state index contributed by atoms with van der Waals surface area (Å²) < 4.78 is 20.1. The van der Waals surface area contributed by atoms with E-state index in [-0.39, 0.29) is 0 Å². The van der Waals surface area contributed by atoms with Crippen LogP contribution in [0.4, 0.5) is 9.18 Å². The number of pyridine rings is 1. The first-order valence-electron chi connectivity index (χ1n) is 6.81. The first-order valence-corrected chi connectivity index (χ1v) is 6.81. The third-order valence-corrected chi connectivity index (χ3v) is 2.84. The first kappa shape index (κ1) is 15.9. The van der Waals surface area contributed by atoms with Crippen molar-refractivity contribution < 1.29 is 13.9 Å². The van der Waals surface area contributed by atoms with E-state index in [2.05, 4.69) is 9.97 Å². The third kappa shape index (κ3) is 3.60. The Kier molecular flexibility index (Phi) is 4.16. The molecule has 22 heavy (non-hydrogen) atoms. The predicted octanol–water partition coefficient (Wildman–Crippen LogP) is 2.90. The fraction of sp³-hybridized carbons (Fsp3) is 0.400. The van der Waals surface area contributed by atoms with Gasteiger partial charge in [-0.3, -0.25) is 4.98 Å². The number of hydrogen-bond acceptors (Lipinski definition) is 4. The van der Waals surface area contributed by atoms with E-state index in [0.717, 1.165) is 6.20 Å². The molecule has 2 aromatic heterocycles. The number of aromatic nitrogens is 3. The van der Waals surface area contributed by atoms with Crippen LogP contribution < -0.4 is 5.01 Å². The molecule has 1 amide bonds. The van der Waals surface area contributed by atoms with Gasteiger partial charge in [-0.25, -0.2) is 23.9 Å². The molecular formula is C15H19FN4O2. The lowest BCUT2D eigenvalue weighted by Gasteiger charge is -2.25. The van der Waals surface area contributed by atoms with Crippen molar-refractivity contribution in [1.82, 2.24) is 14.6 Å². The van der Waals surface area contributed by atoms with E-state index in [0.29, 0.717) is 17.1 Å². The number of carbonyl (C=O) groups is 1. The van der Waals surface area contributed by atoms with Crippen molar-refractivity contribution >= 4 is 6.09 Å². The second kappa shape index (κ2) is 5.75. The van der Waals surface area contributed by atoms with Crippen molar-refractivity contribution in [2.75, 3.05) is 12.1 Å². The number of imidazole rings is 1. The Morgan fingerprint density at radius 1 is 1.36 bits per heavy atom. The van der Waals surface area contributed by atoms with Crippen LogP contribution in [-0.4, -0.2) is 33.4 Å². The Morgan fingerprint density at radius 3 is 2.64 bits per heavy atom. The second-order valence-electron chi connectivity index (χ2n) is 5.91. The van der Waals surface area contributed by atoms with Crippen LogP contribution in [0.1, 0.15) is 26.6 Å². The molecule has 0 spiro atoms. The number of nitrogens with zero attached hydrogens (tertiary/aromatic N) is 4. The van der Waals surface area contributed by atoms with Crippen molar-refractivity contribution in [3.63, 3.8) is 0 Å². The monoisotopic (exact) mass is 306 g/mol. The Morgan fingerprint density at radius 2 is 2.05 bits per heavy atom. The van der Waals surface area contributed by atoms with Crippen molar-refractivity contribution in [3.05, 3.63) is 36.3 Å². The summed E-state index contributed by atoms with van der Waals surface area (Å²) in [6, 6.07) is 1.34. The Labute approximate surface area is 128 Å². The quantitative estimate of drug-likeness (QED) is 0.856. The largest absolute Gasteiger partial charge is 0.442 e. The van der Waals surface area contributed by atoms with Gasteiger partial charge in [0.1, 0.15) is 17.2 Å². The fourth-order valence-corrected chi connectivity index (χ4v) is 1.87. The zero-order valence-electron chi connectivity index (χ0n) is 13.3. The van der Waals surface area contributed by atoms with Crippen LogP contribution in [0.3, 0.4) is 0 Å². The van der Waals surface area contributed by atoms with Gasteiger partial charge in [0.2, 0.25) is 0 Å².